The van der Waals surface area contributed by atoms with E-state index in [1.165, 1.54) is 11.3 Å². The zero-order valence-corrected chi connectivity index (χ0v) is 18.0. The molecule has 0 bridgehead atoms. The molecule has 5 nitrogen and oxygen atoms in total. The number of β-amino-alcohol motifs (C(OH)–C–C–N with tert-alkyl or cyclic N) is 1. The van der Waals surface area contributed by atoms with E-state index in [1.807, 2.05) is 55.5 Å². The number of aromatic nitrogens is 2. The smallest absolute Gasteiger partial charge is 0.275 e. The Balaban J connectivity index is 1.53. The number of halogens is 1. The molecule has 0 spiro atoms. The summed E-state index contributed by atoms with van der Waals surface area (Å²) < 4.78 is 2.23. The molecule has 1 saturated heterocycles. The minimum Gasteiger partial charge on any atom is -0.391 e. The third-order valence-corrected chi connectivity index (χ3v) is 6.94. The van der Waals surface area contributed by atoms with Crippen LogP contribution < -0.4 is 10.5 Å². The van der Waals surface area contributed by atoms with Crippen LogP contribution in [0.5, 0.6) is 0 Å². The highest BCUT2D eigenvalue weighted by atomic mass is 35.5. The molecule has 7 heteroatoms. The molecule has 3 heterocycles. The monoisotopic (exact) mass is 437 g/mol. The molecule has 0 saturated carbocycles. The first kappa shape index (κ1) is 19.3. The van der Waals surface area contributed by atoms with Gasteiger partial charge in [-0.15, -0.1) is 11.3 Å². The molecule has 1 aliphatic rings. The highest BCUT2D eigenvalue weighted by Gasteiger charge is 2.22. The van der Waals surface area contributed by atoms with E-state index in [9.17, 15) is 9.90 Å². The van der Waals surface area contributed by atoms with Crippen molar-refractivity contribution < 1.29 is 5.11 Å². The van der Waals surface area contributed by atoms with E-state index in [2.05, 4.69) is 9.88 Å². The molecule has 0 amide bonds. The van der Waals surface area contributed by atoms with Crippen LogP contribution in [0.3, 0.4) is 0 Å². The van der Waals surface area contributed by atoms with E-state index < -0.39 is 0 Å². The van der Waals surface area contributed by atoms with Crippen LogP contribution in [0.4, 0.5) is 5.69 Å². The van der Waals surface area contributed by atoms with Gasteiger partial charge in [-0.2, -0.15) is 0 Å². The van der Waals surface area contributed by atoms with Gasteiger partial charge in [0.1, 0.15) is 11.0 Å². The average molecular weight is 438 g/mol. The number of aliphatic hydroxyl groups is 1. The maximum absolute atomic E-state index is 13.2. The van der Waals surface area contributed by atoms with Crippen molar-refractivity contribution in [2.24, 2.45) is 0 Å². The summed E-state index contributed by atoms with van der Waals surface area (Å²) in [6.07, 6.45) is 2.11. The van der Waals surface area contributed by atoms with E-state index in [-0.39, 0.29) is 11.7 Å². The minimum absolute atomic E-state index is 0.0750. The zero-order chi connectivity index (χ0) is 20.8. The molecule has 1 atom stereocenters. The summed E-state index contributed by atoms with van der Waals surface area (Å²) >= 11 is 7.43. The molecule has 2 aromatic heterocycles. The van der Waals surface area contributed by atoms with E-state index in [0.717, 1.165) is 40.3 Å². The Hall–Kier alpha value is -2.67. The zero-order valence-electron chi connectivity index (χ0n) is 16.4. The Morgan fingerprint density at radius 1 is 1.17 bits per heavy atom. The lowest BCUT2D eigenvalue weighted by Crippen LogP contribution is -2.22. The highest BCUT2D eigenvalue weighted by Crippen LogP contribution is 2.32. The van der Waals surface area contributed by atoms with Gasteiger partial charge < -0.3 is 10.0 Å². The van der Waals surface area contributed by atoms with Crippen molar-refractivity contribution in [2.75, 3.05) is 18.0 Å². The number of rotatable bonds is 3. The van der Waals surface area contributed by atoms with Crippen LogP contribution in [0, 0.1) is 6.92 Å². The van der Waals surface area contributed by atoms with Crippen molar-refractivity contribution in [3.05, 3.63) is 75.8 Å². The summed E-state index contributed by atoms with van der Waals surface area (Å²) in [5, 5.41) is 10.5. The molecule has 1 aliphatic heterocycles. The number of aryl methyl sites for hydroxylation is 1. The second-order valence-electron chi connectivity index (χ2n) is 7.61. The number of hydrogen-bond donors (Lipinski definition) is 1. The lowest BCUT2D eigenvalue weighted by molar-refractivity contribution is 0.198. The van der Waals surface area contributed by atoms with E-state index >= 15 is 0 Å². The molecule has 5 rings (SSSR count). The fraction of sp³-hybridized carbons (Fsp3) is 0.217. The predicted octanol–water partition coefficient (Wildman–Crippen LogP) is 4.65. The van der Waals surface area contributed by atoms with Crippen LogP contribution in [0.15, 0.2) is 59.7 Å². The van der Waals surface area contributed by atoms with E-state index in [0.29, 0.717) is 21.8 Å². The van der Waals surface area contributed by atoms with Crippen molar-refractivity contribution in [2.45, 2.75) is 19.4 Å². The minimum atomic E-state index is -0.271. The summed E-state index contributed by atoms with van der Waals surface area (Å²) in [5.74, 6) is 0. The molecular weight excluding hydrogens is 418 g/mol. The molecular formula is C23H20ClN3O2S. The Kier molecular flexibility index (Phi) is 4.85. The molecule has 2 aromatic carbocycles. The summed E-state index contributed by atoms with van der Waals surface area (Å²) in [7, 11) is 0. The van der Waals surface area contributed by atoms with Crippen LogP contribution in [-0.4, -0.2) is 33.9 Å². The second-order valence-corrected chi connectivity index (χ2v) is 9.10. The molecule has 0 aliphatic carbocycles. The molecule has 30 heavy (non-hydrogen) atoms. The van der Waals surface area contributed by atoms with E-state index in [1.54, 1.807) is 10.9 Å². The highest BCUT2D eigenvalue weighted by molar-refractivity contribution is 7.22. The van der Waals surface area contributed by atoms with Crippen molar-refractivity contribution in [3.63, 3.8) is 0 Å². The predicted molar refractivity (Wildman–Crippen MR) is 123 cm³/mol. The van der Waals surface area contributed by atoms with Gasteiger partial charge in [0.15, 0.2) is 0 Å². The number of aliphatic hydroxyl groups excluding tert-OH is 1. The second kappa shape index (κ2) is 7.54. The SMILES string of the molecule is Cc1cc(-n2cnc3cc(-c4ccc(Cl)cc4)sc3c2=O)ccc1N1CC[C@@H](O)C1. The van der Waals surface area contributed by atoms with Gasteiger partial charge in [-0.1, -0.05) is 23.7 Å². The molecule has 0 radical (unpaired) electrons. The van der Waals surface area contributed by atoms with Crippen LogP contribution in [-0.2, 0) is 0 Å². The third kappa shape index (κ3) is 3.41. The maximum Gasteiger partial charge on any atom is 0.275 e. The lowest BCUT2D eigenvalue weighted by Gasteiger charge is -2.21. The summed E-state index contributed by atoms with van der Waals surface area (Å²) in [6.45, 7) is 3.53. The fourth-order valence-corrected chi connectivity index (χ4v) is 5.13. The quantitative estimate of drug-likeness (QED) is 0.507. The molecule has 4 aromatic rings. The number of fused-ring (bicyclic) bond motifs is 1. The molecule has 1 fully saturated rings. The number of hydrogen-bond acceptors (Lipinski definition) is 5. The van der Waals surface area contributed by atoms with Crippen molar-refractivity contribution in [1.82, 2.24) is 9.55 Å². The molecule has 152 valence electrons. The summed E-state index contributed by atoms with van der Waals surface area (Å²) in [6, 6.07) is 15.5. The van der Waals surface area contributed by atoms with Crippen LogP contribution in [0.1, 0.15) is 12.0 Å². The lowest BCUT2D eigenvalue weighted by atomic mass is 10.1. The van der Waals surface area contributed by atoms with Crippen molar-refractivity contribution in [1.29, 1.82) is 0 Å². The standard InChI is InChI=1S/C23H20ClN3O2S/c1-14-10-17(6-7-20(14)26-9-8-18(28)12-26)27-13-25-19-11-21(30-22(19)23(27)29)15-2-4-16(24)5-3-15/h2-7,10-11,13,18,28H,8-9,12H2,1H3/t18-/m1/s1. The van der Waals surface area contributed by atoms with Gasteiger partial charge in [-0.25, -0.2) is 4.98 Å². The van der Waals surface area contributed by atoms with Crippen molar-refractivity contribution in [3.8, 4) is 16.1 Å². The first-order valence-corrected chi connectivity index (χ1v) is 11.0. The third-order valence-electron chi connectivity index (χ3n) is 5.53. The number of thiophene rings is 1. The van der Waals surface area contributed by atoms with E-state index in [4.69, 9.17) is 11.6 Å². The summed E-state index contributed by atoms with van der Waals surface area (Å²) in [5.41, 5.74) is 4.60. The normalized spacial score (nSPS) is 16.5. The number of nitrogens with zero attached hydrogens (tertiary/aromatic N) is 3. The van der Waals surface area contributed by atoms with Crippen LogP contribution in [0.25, 0.3) is 26.3 Å². The Morgan fingerprint density at radius 2 is 1.97 bits per heavy atom. The average Bonchev–Trinajstić information content (AvgIpc) is 3.36. The number of anilines is 1. The maximum atomic E-state index is 13.2. The van der Waals surface area contributed by atoms with Gasteiger partial charge >= 0.3 is 0 Å². The van der Waals surface area contributed by atoms with Gasteiger partial charge in [-0.3, -0.25) is 9.36 Å². The van der Waals surface area contributed by atoms with Gasteiger partial charge in [0, 0.05) is 28.7 Å². The largest absolute Gasteiger partial charge is 0.391 e. The molecule has 1 N–H and O–H groups in total. The fourth-order valence-electron chi connectivity index (χ4n) is 3.96. The van der Waals surface area contributed by atoms with Gasteiger partial charge in [0.2, 0.25) is 0 Å². The van der Waals surface area contributed by atoms with Crippen LogP contribution in [0.2, 0.25) is 5.02 Å². The molecule has 0 unspecified atom stereocenters. The number of benzene rings is 2. The first-order chi connectivity index (χ1) is 14.5. The Labute approximate surface area is 182 Å². The Bertz CT molecular complexity index is 1300. The van der Waals surface area contributed by atoms with Gasteiger partial charge in [-0.05, 0) is 60.9 Å². The topological polar surface area (TPSA) is 58.4 Å². The van der Waals surface area contributed by atoms with Crippen molar-refractivity contribution >= 4 is 38.8 Å². The van der Waals surface area contributed by atoms with Crippen LogP contribution >= 0.6 is 22.9 Å². The van der Waals surface area contributed by atoms with Gasteiger partial charge in [0.25, 0.3) is 5.56 Å². The first-order valence-electron chi connectivity index (χ1n) is 9.81. The Morgan fingerprint density at radius 3 is 2.67 bits per heavy atom. The summed E-state index contributed by atoms with van der Waals surface area (Å²) in [4.78, 5) is 20.9. The van der Waals surface area contributed by atoms with Gasteiger partial charge in [0.05, 0.1) is 17.3 Å².